The molecule has 1 saturated carbocycles. The lowest BCUT2D eigenvalue weighted by Gasteiger charge is -2.40. The van der Waals surface area contributed by atoms with Crippen LogP contribution in [0.3, 0.4) is 0 Å². The number of carbonyl (C=O) groups excluding carboxylic acids is 2. The van der Waals surface area contributed by atoms with Crippen LogP contribution in [0.4, 0.5) is 4.79 Å². The van der Waals surface area contributed by atoms with Gasteiger partial charge in [0.2, 0.25) is 0 Å². The van der Waals surface area contributed by atoms with Gasteiger partial charge in [0.05, 0.1) is 0 Å². The molecule has 0 spiro atoms. The van der Waals surface area contributed by atoms with Crippen molar-refractivity contribution in [3.8, 4) is 0 Å². The van der Waals surface area contributed by atoms with Gasteiger partial charge in [0.1, 0.15) is 5.54 Å². The average Bonchev–Trinajstić information content (AvgIpc) is 2.98. The van der Waals surface area contributed by atoms with Gasteiger partial charge in [-0.25, -0.2) is 4.79 Å². The van der Waals surface area contributed by atoms with Crippen molar-refractivity contribution in [2.75, 3.05) is 26.2 Å². The second-order valence-corrected chi connectivity index (χ2v) is 8.86. The Morgan fingerprint density at radius 2 is 1.72 bits per heavy atom. The molecule has 3 amide bonds. The van der Waals surface area contributed by atoms with E-state index in [-0.39, 0.29) is 41.8 Å². The molecular weight excluding hydrogens is 481 g/mol. The maximum Gasteiger partial charge on any atom is 0.322 e. The highest BCUT2D eigenvalue weighted by Crippen LogP contribution is 2.32. The van der Waals surface area contributed by atoms with Crippen molar-refractivity contribution in [3.05, 3.63) is 0 Å². The molecule has 0 aromatic carbocycles. The summed E-state index contributed by atoms with van der Waals surface area (Å²) in [6, 6.07) is -0.373. The number of hydrogen-bond acceptors (Lipinski definition) is 3. The topological polar surface area (TPSA) is 85.8 Å². The lowest BCUT2D eigenvalue weighted by atomic mass is 9.79. The summed E-state index contributed by atoms with van der Waals surface area (Å²) in [5, 5.41) is 8.66. The molecule has 3 rings (SSSR count). The van der Waals surface area contributed by atoms with Gasteiger partial charge in [-0.3, -0.25) is 15.1 Å². The zero-order chi connectivity index (χ0) is 20.1. The van der Waals surface area contributed by atoms with Gasteiger partial charge in [-0.05, 0) is 57.3 Å². The van der Waals surface area contributed by atoms with E-state index in [9.17, 15) is 9.59 Å². The number of guanidine groups is 1. The molecule has 166 valence electrons. The van der Waals surface area contributed by atoms with E-state index in [1.54, 1.807) is 0 Å². The van der Waals surface area contributed by atoms with Crippen LogP contribution in [0.15, 0.2) is 4.99 Å². The first kappa shape index (κ1) is 24.2. The molecule has 2 heterocycles. The van der Waals surface area contributed by atoms with Crippen molar-refractivity contribution < 1.29 is 9.59 Å². The maximum absolute atomic E-state index is 12.2. The number of piperidine rings is 1. The second kappa shape index (κ2) is 10.8. The first-order valence-corrected chi connectivity index (χ1v) is 11.1. The Kier molecular flexibility index (Phi) is 9.03. The minimum atomic E-state index is -0.781. The number of nitrogens with one attached hydrogen (secondary N) is 3. The molecule has 29 heavy (non-hydrogen) atoms. The largest absolute Gasteiger partial charge is 0.357 e. The van der Waals surface area contributed by atoms with Crippen LogP contribution in [0.25, 0.3) is 0 Å². The summed E-state index contributed by atoms with van der Waals surface area (Å²) in [4.78, 5) is 31.0. The fourth-order valence-electron chi connectivity index (χ4n) is 4.98. The highest BCUT2D eigenvalue weighted by Gasteiger charge is 2.48. The first-order chi connectivity index (χ1) is 13.5. The highest BCUT2D eigenvalue weighted by atomic mass is 127. The summed E-state index contributed by atoms with van der Waals surface area (Å²) >= 11 is 0. The van der Waals surface area contributed by atoms with E-state index in [4.69, 9.17) is 4.99 Å². The predicted octanol–water partition coefficient (Wildman–Crippen LogP) is 3.10. The Hall–Kier alpha value is -1.06. The first-order valence-electron chi connectivity index (χ1n) is 11.1. The molecular formula is C21H38IN5O2. The number of carbonyl (C=O) groups is 2. The van der Waals surface area contributed by atoms with Gasteiger partial charge in [0.15, 0.2) is 5.96 Å². The van der Waals surface area contributed by atoms with Crippen molar-refractivity contribution in [1.82, 2.24) is 20.9 Å². The quantitative estimate of drug-likeness (QED) is 0.226. The normalized spacial score (nSPS) is 31.1. The predicted molar refractivity (Wildman–Crippen MR) is 127 cm³/mol. The monoisotopic (exact) mass is 519 g/mol. The molecule has 3 fully saturated rings. The van der Waals surface area contributed by atoms with Gasteiger partial charge in [0.25, 0.3) is 5.91 Å². The van der Waals surface area contributed by atoms with Crippen LogP contribution in [0.2, 0.25) is 0 Å². The molecule has 2 saturated heterocycles. The van der Waals surface area contributed by atoms with E-state index >= 15 is 0 Å². The number of imide groups is 1. The van der Waals surface area contributed by atoms with Gasteiger partial charge in [-0.15, -0.1) is 24.0 Å². The fraction of sp³-hybridized carbons (Fsp3) is 0.857. The third-order valence-electron chi connectivity index (χ3n) is 7.06. The van der Waals surface area contributed by atoms with E-state index in [0.29, 0.717) is 5.92 Å². The summed E-state index contributed by atoms with van der Waals surface area (Å²) < 4.78 is 0. The van der Waals surface area contributed by atoms with E-state index in [1.807, 2.05) is 6.92 Å². The summed E-state index contributed by atoms with van der Waals surface area (Å²) in [6.45, 7) is 9.74. The van der Waals surface area contributed by atoms with Crippen molar-refractivity contribution in [2.24, 2.45) is 22.7 Å². The van der Waals surface area contributed by atoms with E-state index < -0.39 is 5.54 Å². The molecule has 1 aliphatic carbocycles. The highest BCUT2D eigenvalue weighted by molar-refractivity contribution is 14.0. The number of hydrogen-bond donors (Lipinski definition) is 3. The Bertz CT molecular complexity index is 598. The van der Waals surface area contributed by atoms with Gasteiger partial charge in [-0.2, -0.15) is 0 Å². The third-order valence-corrected chi connectivity index (χ3v) is 7.06. The average molecular weight is 519 g/mol. The summed E-state index contributed by atoms with van der Waals surface area (Å²) in [6.07, 6.45) is 8.36. The van der Waals surface area contributed by atoms with E-state index in [0.717, 1.165) is 50.9 Å². The molecule has 0 radical (unpaired) electrons. The summed E-state index contributed by atoms with van der Waals surface area (Å²) in [5.74, 6) is 2.60. The number of halogens is 1. The van der Waals surface area contributed by atoms with Crippen LogP contribution in [0.5, 0.6) is 0 Å². The Morgan fingerprint density at radius 3 is 2.24 bits per heavy atom. The number of likely N-dealkylation sites (tertiary alicyclic amines) is 1. The lowest BCUT2D eigenvalue weighted by molar-refractivity contribution is -0.125. The van der Waals surface area contributed by atoms with Gasteiger partial charge in [-0.1, -0.05) is 26.2 Å². The minimum absolute atomic E-state index is 0. The lowest BCUT2D eigenvalue weighted by Crippen LogP contribution is -2.55. The zero-order valence-corrected chi connectivity index (χ0v) is 20.5. The zero-order valence-electron chi connectivity index (χ0n) is 18.1. The number of nitrogens with zero attached hydrogens (tertiary/aromatic N) is 2. The van der Waals surface area contributed by atoms with E-state index in [2.05, 4.69) is 34.7 Å². The van der Waals surface area contributed by atoms with Gasteiger partial charge in [0, 0.05) is 26.2 Å². The number of aliphatic imine (C=N–C) groups is 1. The molecule has 2 aliphatic heterocycles. The van der Waals surface area contributed by atoms with Gasteiger partial charge < -0.3 is 15.5 Å². The van der Waals surface area contributed by atoms with Crippen molar-refractivity contribution in [3.63, 3.8) is 0 Å². The SMILES string of the molecule is CCNC(=NCC1CCC(CC)CC1)N1CCC(C2(C)NC(=O)NC2=O)CC1.I. The maximum atomic E-state index is 12.2. The Morgan fingerprint density at radius 1 is 1.10 bits per heavy atom. The molecule has 7 nitrogen and oxygen atoms in total. The van der Waals surface area contributed by atoms with Gasteiger partial charge >= 0.3 is 6.03 Å². The molecule has 8 heteroatoms. The number of amides is 3. The van der Waals surface area contributed by atoms with Crippen LogP contribution in [0.1, 0.15) is 65.7 Å². The summed E-state index contributed by atoms with van der Waals surface area (Å²) in [7, 11) is 0. The van der Waals surface area contributed by atoms with Crippen LogP contribution < -0.4 is 16.0 Å². The molecule has 0 bridgehead atoms. The van der Waals surface area contributed by atoms with Crippen LogP contribution in [-0.4, -0.2) is 54.5 Å². The Balaban J connectivity index is 0.00000300. The van der Waals surface area contributed by atoms with Crippen LogP contribution in [0, 0.1) is 17.8 Å². The Labute approximate surface area is 192 Å². The number of urea groups is 1. The summed E-state index contributed by atoms with van der Waals surface area (Å²) in [5.41, 5.74) is -0.781. The van der Waals surface area contributed by atoms with Crippen LogP contribution >= 0.6 is 24.0 Å². The molecule has 3 aliphatic rings. The fourth-order valence-corrected chi connectivity index (χ4v) is 4.98. The minimum Gasteiger partial charge on any atom is -0.357 e. The standard InChI is InChI=1S/C21H37N5O2.HI/c1-4-15-6-8-16(9-7-15)14-23-19(22-5-2)26-12-10-17(11-13-26)21(3)18(27)24-20(28)25-21;/h15-17H,4-14H2,1-3H3,(H,22,23)(H2,24,25,27,28);1H. The second-order valence-electron chi connectivity index (χ2n) is 8.86. The van der Waals surface area contributed by atoms with Crippen molar-refractivity contribution in [1.29, 1.82) is 0 Å². The van der Waals surface area contributed by atoms with Crippen molar-refractivity contribution >= 4 is 41.9 Å². The third kappa shape index (κ3) is 5.76. The van der Waals surface area contributed by atoms with Crippen LogP contribution in [-0.2, 0) is 4.79 Å². The van der Waals surface area contributed by atoms with Crippen molar-refractivity contribution in [2.45, 2.75) is 71.3 Å². The number of rotatable bonds is 5. The molecule has 3 N–H and O–H groups in total. The molecule has 0 aromatic rings. The molecule has 1 atom stereocenters. The molecule has 1 unspecified atom stereocenters. The molecule has 0 aromatic heterocycles. The van der Waals surface area contributed by atoms with E-state index in [1.165, 1.54) is 32.1 Å². The smallest absolute Gasteiger partial charge is 0.322 e.